The quantitative estimate of drug-likeness (QED) is 0.667. The van der Waals surface area contributed by atoms with E-state index in [4.69, 9.17) is 17.2 Å². The first kappa shape index (κ1) is 10.5. The van der Waals surface area contributed by atoms with Crippen molar-refractivity contribution in [2.24, 2.45) is 5.73 Å². The van der Waals surface area contributed by atoms with E-state index in [9.17, 15) is 0 Å². The average molecular weight is 213 g/mol. The van der Waals surface area contributed by atoms with E-state index in [1.165, 1.54) is 0 Å². The zero-order valence-electron chi connectivity index (χ0n) is 8.98. The number of anilines is 2. The van der Waals surface area contributed by atoms with Crippen molar-refractivity contribution >= 4 is 11.4 Å². The first-order chi connectivity index (χ1) is 7.70. The molecule has 0 fully saturated rings. The largest absolute Gasteiger partial charge is 0.399 e. The molecule has 6 N–H and O–H groups in total. The van der Waals surface area contributed by atoms with Gasteiger partial charge in [-0.3, -0.25) is 0 Å². The molecule has 0 aliphatic rings. The zero-order valence-corrected chi connectivity index (χ0v) is 8.98. The number of hydrogen-bond acceptors (Lipinski definition) is 3. The summed E-state index contributed by atoms with van der Waals surface area (Å²) in [6.45, 7) is 0.548. The summed E-state index contributed by atoms with van der Waals surface area (Å²) in [5.41, 5.74) is 21.8. The lowest BCUT2D eigenvalue weighted by molar-refractivity contribution is 1.07. The summed E-state index contributed by atoms with van der Waals surface area (Å²) in [5, 5.41) is 0. The van der Waals surface area contributed by atoms with E-state index < -0.39 is 0 Å². The van der Waals surface area contributed by atoms with Crippen LogP contribution in [-0.4, -0.2) is 0 Å². The van der Waals surface area contributed by atoms with Gasteiger partial charge in [0.15, 0.2) is 0 Å². The fourth-order valence-corrected chi connectivity index (χ4v) is 1.64. The van der Waals surface area contributed by atoms with Gasteiger partial charge in [-0.25, -0.2) is 0 Å². The third-order valence-electron chi connectivity index (χ3n) is 2.58. The minimum Gasteiger partial charge on any atom is -0.399 e. The van der Waals surface area contributed by atoms with E-state index in [0.717, 1.165) is 22.4 Å². The SMILES string of the molecule is NCc1ccc(-c2cc(N)ccc2N)cc1. The number of nitrogen functional groups attached to an aromatic ring is 2. The molecule has 0 bridgehead atoms. The Balaban J connectivity index is 2.45. The molecule has 82 valence electrons. The third kappa shape index (κ3) is 1.99. The van der Waals surface area contributed by atoms with Crippen molar-refractivity contribution in [2.45, 2.75) is 6.54 Å². The van der Waals surface area contributed by atoms with Gasteiger partial charge in [0.1, 0.15) is 0 Å². The van der Waals surface area contributed by atoms with E-state index in [1.54, 1.807) is 6.07 Å². The van der Waals surface area contributed by atoms with Crippen molar-refractivity contribution in [1.82, 2.24) is 0 Å². The fourth-order valence-electron chi connectivity index (χ4n) is 1.64. The molecule has 0 amide bonds. The molecule has 2 aromatic carbocycles. The molecule has 16 heavy (non-hydrogen) atoms. The van der Waals surface area contributed by atoms with Gasteiger partial charge in [-0.2, -0.15) is 0 Å². The Morgan fingerprint density at radius 2 is 1.56 bits per heavy atom. The van der Waals surface area contributed by atoms with Gasteiger partial charge in [0, 0.05) is 23.5 Å². The van der Waals surface area contributed by atoms with Crippen LogP contribution in [0.5, 0.6) is 0 Å². The van der Waals surface area contributed by atoms with Crippen molar-refractivity contribution in [2.75, 3.05) is 11.5 Å². The molecule has 0 unspecified atom stereocenters. The highest BCUT2D eigenvalue weighted by Gasteiger charge is 2.02. The van der Waals surface area contributed by atoms with E-state index in [0.29, 0.717) is 12.2 Å². The standard InChI is InChI=1S/C13H15N3/c14-8-9-1-3-10(4-2-9)12-7-11(15)5-6-13(12)16/h1-7H,8,14-16H2. The maximum absolute atomic E-state index is 5.91. The van der Waals surface area contributed by atoms with Crippen LogP contribution < -0.4 is 17.2 Å². The molecule has 0 spiro atoms. The van der Waals surface area contributed by atoms with Gasteiger partial charge >= 0.3 is 0 Å². The molecule has 2 rings (SSSR count). The predicted octanol–water partition coefficient (Wildman–Crippen LogP) is 1.98. The molecular weight excluding hydrogens is 198 g/mol. The topological polar surface area (TPSA) is 78.1 Å². The Morgan fingerprint density at radius 1 is 0.875 bits per heavy atom. The van der Waals surface area contributed by atoms with Gasteiger partial charge in [0.2, 0.25) is 0 Å². The molecule has 3 heteroatoms. The summed E-state index contributed by atoms with van der Waals surface area (Å²) >= 11 is 0. The smallest absolute Gasteiger partial charge is 0.0395 e. The van der Waals surface area contributed by atoms with Gasteiger partial charge in [-0.1, -0.05) is 24.3 Å². The maximum atomic E-state index is 5.91. The van der Waals surface area contributed by atoms with Crippen LogP contribution in [0, 0.1) is 0 Å². The van der Waals surface area contributed by atoms with E-state index in [2.05, 4.69) is 0 Å². The molecule has 0 saturated heterocycles. The number of rotatable bonds is 2. The van der Waals surface area contributed by atoms with E-state index >= 15 is 0 Å². The first-order valence-electron chi connectivity index (χ1n) is 5.15. The van der Waals surface area contributed by atoms with Gasteiger partial charge in [-0.15, -0.1) is 0 Å². The van der Waals surface area contributed by atoms with E-state index in [-0.39, 0.29) is 0 Å². The predicted molar refractivity (Wildman–Crippen MR) is 68.6 cm³/mol. The lowest BCUT2D eigenvalue weighted by Crippen LogP contribution is -1.96. The summed E-state index contributed by atoms with van der Waals surface area (Å²) < 4.78 is 0. The Labute approximate surface area is 94.9 Å². The zero-order chi connectivity index (χ0) is 11.5. The van der Waals surface area contributed by atoms with Crippen molar-refractivity contribution in [3.05, 3.63) is 48.0 Å². The number of benzene rings is 2. The van der Waals surface area contributed by atoms with Gasteiger partial charge in [0.25, 0.3) is 0 Å². The molecule has 0 heterocycles. The molecular formula is C13H15N3. The summed E-state index contributed by atoms with van der Waals surface area (Å²) in [6.07, 6.45) is 0. The van der Waals surface area contributed by atoms with Crippen LogP contribution in [-0.2, 0) is 6.54 Å². The van der Waals surface area contributed by atoms with Crippen molar-refractivity contribution < 1.29 is 0 Å². The minimum atomic E-state index is 0.548. The second kappa shape index (κ2) is 4.24. The van der Waals surface area contributed by atoms with E-state index in [1.807, 2.05) is 36.4 Å². The summed E-state index contributed by atoms with van der Waals surface area (Å²) in [6, 6.07) is 13.5. The molecule has 0 aromatic heterocycles. The van der Waals surface area contributed by atoms with Crippen LogP contribution in [0.2, 0.25) is 0 Å². The van der Waals surface area contributed by atoms with Crippen molar-refractivity contribution in [3.8, 4) is 11.1 Å². The Bertz CT molecular complexity index is 489. The summed E-state index contributed by atoms with van der Waals surface area (Å²) in [5.74, 6) is 0. The van der Waals surface area contributed by atoms with Crippen LogP contribution in [0.25, 0.3) is 11.1 Å². The van der Waals surface area contributed by atoms with Crippen molar-refractivity contribution in [1.29, 1.82) is 0 Å². The maximum Gasteiger partial charge on any atom is 0.0395 e. The Morgan fingerprint density at radius 3 is 2.19 bits per heavy atom. The molecule has 0 radical (unpaired) electrons. The van der Waals surface area contributed by atoms with Gasteiger partial charge in [-0.05, 0) is 29.3 Å². The molecule has 0 aliphatic carbocycles. The highest BCUT2D eigenvalue weighted by molar-refractivity contribution is 5.79. The van der Waals surface area contributed by atoms with Crippen LogP contribution in [0.3, 0.4) is 0 Å². The second-order valence-electron chi connectivity index (χ2n) is 3.75. The second-order valence-corrected chi connectivity index (χ2v) is 3.75. The first-order valence-corrected chi connectivity index (χ1v) is 5.15. The Hall–Kier alpha value is -2.00. The molecule has 0 saturated carbocycles. The number of nitrogens with two attached hydrogens (primary N) is 3. The lowest BCUT2D eigenvalue weighted by Gasteiger charge is -2.07. The molecule has 2 aromatic rings. The summed E-state index contributed by atoms with van der Waals surface area (Å²) in [4.78, 5) is 0. The molecule has 0 atom stereocenters. The van der Waals surface area contributed by atoms with Gasteiger partial charge in [0.05, 0.1) is 0 Å². The Kier molecular flexibility index (Phi) is 2.79. The van der Waals surface area contributed by atoms with Crippen LogP contribution in [0.1, 0.15) is 5.56 Å². The summed E-state index contributed by atoms with van der Waals surface area (Å²) in [7, 11) is 0. The average Bonchev–Trinajstić information content (AvgIpc) is 2.32. The molecule has 0 aliphatic heterocycles. The van der Waals surface area contributed by atoms with Crippen molar-refractivity contribution in [3.63, 3.8) is 0 Å². The van der Waals surface area contributed by atoms with Crippen LogP contribution in [0.15, 0.2) is 42.5 Å². The van der Waals surface area contributed by atoms with Crippen LogP contribution in [0.4, 0.5) is 11.4 Å². The van der Waals surface area contributed by atoms with Crippen LogP contribution >= 0.6 is 0 Å². The normalized spacial score (nSPS) is 10.3. The monoisotopic (exact) mass is 213 g/mol. The fraction of sp³-hybridized carbons (Fsp3) is 0.0769. The minimum absolute atomic E-state index is 0.548. The highest BCUT2D eigenvalue weighted by Crippen LogP contribution is 2.27. The third-order valence-corrected chi connectivity index (χ3v) is 2.58. The lowest BCUT2D eigenvalue weighted by atomic mass is 10.0. The molecule has 3 nitrogen and oxygen atoms in total. The number of hydrogen-bond donors (Lipinski definition) is 3. The highest BCUT2D eigenvalue weighted by atomic mass is 14.6. The van der Waals surface area contributed by atoms with Gasteiger partial charge < -0.3 is 17.2 Å².